The van der Waals surface area contributed by atoms with Crippen LogP contribution in [0.5, 0.6) is 0 Å². The second kappa shape index (κ2) is 5.89. The Morgan fingerprint density at radius 1 is 1.39 bits per heavy atom. The van der Waals surface area contributed by atoms with Crippen molar-refractivity contribution in [1.29, 1.82) is 0 Å². The molecule has 1 N–H and O–H groups in total. The van der Waals surface area contributed by atoms with Crippen LogP contribution in [0.2, 0.25) is 0 Å². The van der Waals surface area contributed by atoms with Crippen molar-refractivity contribution in [2.45, 2.75) is 45.6 Å². The summed E-state index contributed by atoms with van der Waals surface area (Å²) in [5, 5.41) is 12.6. The van der Waals surface area contributed by atoms with E-state index in [0.717, 1.165) is 30.7 Å². The molecule has 18 heavy (non-hydrogen) atoms. The lowest BCUT2D eigenvalue weighted by Crippen LogP contribution is -2.33. The second-order valence-electron chi connectivity index (χ2n) is 5.00. The normalized spacial score (nSPS) is 19.4. The number of anilines is 1. The fourth-order valence-electron chi connectivity index (χ4n) is 2.78. The smallest absolute Gasteiger partial charge is 0.0889 e. The number of nitrogens with zero attached hydrogens (tertiary/aromatic N) is 2. The first-order valence-electron chi connectivity index (χ1n) is 6.85. The van der Waals surface area contributed by atoms with E-state index in [1.807, 2.05) is 6.07 Å². The van der Waals surface area contributed by atoms with Crippen molar-refractivity contribution in [3.63, 3.8) is 0 Å². The average molecular weight is 246 g/mol. The van der Waals surface area contributed by atoms with E-state index in [2.05, 4.69) is 42.1 Å². The Labute approximate surface area is 109 Å². The van der Waals surface area contributed by atoms with E-state index in [-0.39, 0.29) is 0 Å². The minimum Gasteiger partial charge on any atom is -0.411 e. The summed E-state index contributed by atoms with van der Waals surface area (Å²) in [6, 6.07) is 8.80. The molecular weight excluding hydrogens is 224 g/mol. The lowest BCUT2D eigenvalue weighted by Gasteiger charge is -2.31. The maximum atomic E-state index is 9.16. The first-order chi connectivity index (χ1) is 8.77. The summed E-state index contributed by atoms with van der Waals surface area (Å²) < 4.78 is 0. The van der Waals surface area contributed by atoms with Gasteiger partial charge in [-0.25, -0.2) is 0 Å². The predicted octanol–water partition coefficient (Wildman–Crippen LogP) is 3.65. The summed E-state index contributed by atoms with van der Waals surface area (Å²) >= 11 is 0. The molecule has 0 spiro atoms. The Hall–Kier alpha value is -1.51. The molecule has 0 aliphatic carbocycles. The summed E-state index contributed by atoms with van der Waals surface area (Å²) in [6.45, 7) is 5.54. The van der Waals surface area contributed by atoms with Crippen molar-refractivity contribution in [2.24, 2.45) is 5.16 Å². The van der Waals surface area contributed by atoms with Crippen molar-refractivity contribution >= 4 is 11.4 Å². The molecular formula is C15H22N2O. The van der Waals surface area contributed by atoms with Crippen molar-refractivity contribution < 1.29 is 5.21 Å². The maximum absolute atomic E-state index is 9.16. The Balaban J connectivity index is 2.39. The molecule has 1 aromatic rings. The Bertz CT molecular complexity index is 428. The molecule has 0 fully saturated rings. The van der Waals surface area contributed by atoms with Crippen molar-refractivity contribution in [1.82, 2.24) is 0 Å². The molecule has 3 nitrogen and oxygen atoms in total. The highest BCUT2D eigenvalue weighted by molar-refractivity contribution is 6.05. The zero-order chi connectivity index (χ0) is 13.0. The van der Waals surface area contributed by atoms with Gasteiger partial charge >= 0.3 is 0 Å². The molecule has 1 aliphatic heterocycles. The molecule has 0 bridgehead atoms. The van der Waals surface area contributed by atoms with E-state index in [9.17, 15) is 0 Å². The van der Waals surface area contributed by atoms with Gasteiger partial charge in [0.25, 0.3) is 0 Å². The molecule has 1 aliphatic rings. The van der Waals surface area contributed by atoms with Crippen LogP contribution in [0.4, 0.5) is 5.69 Å². The summed E-state index contributed by atoms with van der Waals surface area (Å²) in [6.07, 6.45) is 4.28. The molecule has 0 radical (unpaired) electrons. The van der Waals surface area contributed by atoms with Crippen LogP contribution in [0.15, 0.2) is 29.4 Å². The van der Waals surface area contributed by atoms with Crippen molar-refractivity contribution in [2.75, 3.05) is 11.4 Å². The standard InChI is InChI=1S/C15H22N2O/c1-3-7-12(2)17-11-6-9-14(16-18)13-8-4-5-10-15(13)17/h4-5,8,10,12,18H,3,6-7,9,11H2,1-2H3/b16-14-. The van der Waals surface area contributed by atoms with Crippen LogP contribution in [0.1, 0.15) is 45.1 Å². The minimum atomic E-state index is 0.536. The van der Waals surface area contributed by atoms with Crippen molar-refractivity contribution in [3.05, 3.63) is 29.8 Å². The summed E-state index contributed by atoms with van der Waals surface area (Å²) in [5.41, 5.74) is 3.11. The number of para-hydroxylation sites is 1. The Kier molecular flexibility index (Phi) is 4.24. The Morgan fingerprint density at radius 2 is 2.17 bits per heavy atom. The molecule has 1 heterocycles. The van der Waals surface area contributed by atoms with Crippen LogP contribution in [0.3, 0.4) is 0 Å². The van der Waals surface area contributed by atoms with Crippen molar-refractivity contribution in [3.8, 4) is 0 Å². The number of oxime groups is 1. The molecule has 3 heteroatoms. The van der Waals surface area contributed by atoms with Crippen LogP contribution >= 0.6 is 0 Å². The van der Waals surface area contributed by atoms with E-state index in [4.69, 9.17) is 5.21 Å². The van der Waals surface area contributed by atoms with Gasteiger partial charge in [-0.2, -0.15) is 0 Å². The molecule has 98 valence electrons. The van der Waals surface area contributed by atoms with E-state index >= 15 is 0 Å². The lowest BCUT2D eigenvalue weighted by molar-refractivity contribution is 0.318. The first-order valence-corrected chi connectivity index (χ1v) is 6.85. The number of hydrogen-bond donors (Lipinski definition) is 1. The average Bonchev–Trinajstić information content (AvgIpc) is 2.58. The second-order valence-corrected chi connectivity index (χ2v) is 5.00. The molecule has 0 aromatic heterocycles. The van der Waals surface area contributed by atoms with Crippen LogP contribution in [0, 0.1) is 0 Å². The minimum absolute atomic E-state index is 0.536. The van der Waals surface area contributed by atoms with Gasteiger partial charge in [-0.3, -0.25) is 0 Å². The van der Waals surface area contributed by atoms with Gasteiger partial charge in [0.15, 0.2) is 0 Å². The third-order valence-electron chi connectivity index (χ3n) is 3.70. The van der Waals surface area contributed by atoms with Gasteiger partial charge in [0.05, 0.1) is 5.71 Å². The predicted molar refractivity (Wildman–Crippen MR) is 75.7 cm³/mol. The van der Waals surface area contributed by atoms with Gasteiger partial charge in [-0.15, -0.1) is 0 Å². The largest absolute Gasteiger partial charge is 0.411 e. The van der Waals surface area contributed by atoms with E-state index < -0.39 is 0 Å². The molecule has 0 amide bonds. The topological polar surface area (TPSA) is 35.8 Å². The molecule has 2 rings (SSSR count). The number of rotatable bonds is 3. The van der Waals surface area contributed by atoms with Crippen LogP contribution < -0.4 is 4.90 Å². The van der Waals surface area contributed by atoms with Crippen LogP contribution in [-0.2, 0) is 0 Å². The van der Waals surface area contributed by atoms with Crippen LogP contribution in [0.25, 0.3) is 0 Å². The molecule has 0 saturated carbocycles. The monoisotopic (exact) mass is 246 g/mol. The number of benzene rings is 1. The summed E-state index contributed by atoms with van der Waals surface area (Å²) in [5.74, 6) is 0. The highest BCUT2D eigenvalue weighted by atomic mass is 16.4. The number of hydrogen-bond acceptors (Lipinski definition) is 3. The van der Waals surface area contributed by atoms with E-state index in [0.29, 0.717) is 6.04 Å². The maximum Gasteiger partial charge on any atom is 0.0889 e. The molecule has 1 unspecified atom stereocenters. The fraction of sp³-hybridized carbons (Fsp3) is 0.533. The van der Waals surface area contributed by atoms with E-state index in [1.54, 1.807) is 0 Å². The molecule has 1 aromatic carbocycles. The lowest BCUT2D eigenvalue weighted by atomic mass is 10.0. The number of fused-ring (bicyclic) bond motifs is 1. The van der Waals surface area contributed by atoms with Gasteiger partial charge in [-0.05, 0) is 32.3 Å². The first kappa shape index (κ1) is 12.9. The summed E-state index contributed by atoms with van der Waals surface area (Å²) in [4.78, 5) is 2.46. The zero-order valence-corrected chi connectivity index (χ0v) is 11.3. The van der Waals surface area contributed by atoms with Gasteiger partial charge in [0, 0.05) is 23.8 Å². The quantitative estimate of drug-likeness (QED) is 0.652. The Morgan fingerprint density at radius 3 is 2.89 bits per heavy atom. The third-order valence-corrected chi connectivity index (χ3v) is 3.70. The van der Waals surface area contributed by atoms with Crippen LogP contribution in [-0.4, -0.2) is 23.5 Å². The SMILES string of the molecule is CCCC(C)N1CCC/C(=N/O)c2ccccc21. The van der Waals surface area contributed by atoms with Gasteiger partial charge in [0.1, 0.15) is 0 Å². The highest BCUT2D eigenvalue weighted by Crippen LogP contribution is 2.29. The van der Waals surface area contributed by atoms with Gasteiger partial charge < -0.3 is 10.1 Å². The fourth-order valence-corrected chi connectivity index (χ4v) is 2.78. The highest BCUT2D eigenvalue weighted by Gasteiger charge is 2.22. The van der Waals surface area contributed by atoms with Gasteiger partial charge in [-0.1, -0.05) is 36.7 Å². The summed E-state index contributed by atoms with van der Waals surface area (Å²) in [7, 11) is 0. The third kappa shape index (κ3) is 2.50. The molecule has 0 saturated heterocycles. The van der Waals surface area contributed by atoms with Gasteiger partial charge in [0.2, 0.25) is 0 Å². The van der Waals surface area contributed by atoms with E-state index in [1.165, 1.54) is 18.5 Å². The zero-order valence-electron chi connectivity index (χ0n) is 11.3. The molecule has 1 atom stereocenters.